The summed E-state index contributed by atoms with van der Waals surface area (Å²) in [7, 11) is -3.86. The predicted octanol–water partition coefficient (Wildman–Crippen LogP) is 1.76. The van der Waals surface area contributed by atoms with Crippen molar-refractivity contribution >= 4 is 21.8 Å². The van der Waals surface area contributed by atoms with Gasteiger partial charge in [0.15, 0.2) is 11.6 Å². The number of piperazine rings is 1. The zero-order valence-corrected chi connectivity index (χ0v) is 17.2. The van der Waals surface area contributed by atoms with E-state index in [2.05, 4.69) is 4.72 Å². The van der Waals surface area contributed by atoms with Gasteiger partial charge in [0.05, 0.1) is 4.90 Å². The molecule has 2 aromatic carbocycles. The number of hydrogen-bond donors (Lipinski definition) is 1. The highest BCUT2D eigenvalue weighted by Gasteiger charge is 2.25. The van der Waals surface area contributed by atoms with E-state index < -0.39 is 33.4 Å². The normalized spacial score (nSPS) is 14.5. The van der Waals surface area contributed by atoms with E-state index in [0.717, 1.165) is 36.4 Å². The van der Waals surface area contributed by atoms with Crippen LogP contribution in [0.15, 0.2) is 47.4 Å². The Balaban J connectivity index is 1.47. The van der Waals surface area contributed by atoms with Crippen molar-refractivity contribution in [2.45, 2.75) is 11.3 Å². The maximum absolute atomic E-state index is 13.3. The SMILES string of the molecule is O=C(CCNS(=O)(=O)c1ccc(F)cc1)N1CCN(C(=O)c2ccc(F)c(F)c2)CC1. The quantitative estimate of drug-likeness (QED) is 0.719. The van der Waals surface area contributed by atoms with Crippen LogP contribution in [0.5, 0.6) is 0 Å². The summed E-state index contributed by atoms with van der Waals surface area (Å²) in [6.45, 7) is 0.764. The molecule has 3 rings (SSSR count). The molecule has 1 fully saturated rings. The van der Waals surface area contributed by atoms with Crippen LogP contribution in [0.4, 0.5) is 13.2 Å². The molecule has 166 valence electrons. The molecular formula is C20H20F3N3O4S. The molecule has 1 N–H and O–H groups in total. The van der Waals surface area contributed by atoms with Gasteiger partial charge in [-0.05, 0) is 42.5 Å². The highest BCUT2D eigenvalue weighted by atomic mass is 32.2. The highest BCUT2D eigenvalue weighted by molar-refractivity contribution is 7.89. The van der Waals surface area contributed by atoms with E-state index in [1.807, 2.05) is 0 Å². The van der Waals surface area contributed by atoms with Gasteiger partial charge in [-0.25, -0.2) is 26.3 Å². The minimum Gasteiger partial charge on any atom is -0.339 e. The number of sulfonamides is 1. The van der Waals surface area contributed by atoms with Crippen molar-refractivity contribution < 1.29 is 31.2 Å². The first-order chi connectivity index (χ1) is 14.7. The molecule has 7 nitrogen and oxygen atoms in total. The topological polar surface area (TPSA) is 86.8 Å². The van der Waals surface area contributed by atoms with E-state index in [4.69, 9.17) is 0 Å². The third-order valence-corrected chi connectivity index (χ3v) is 6.32. The van der Waals surface area contributed by atoms with E-state index in [1.165, 1.54) is 15.9 Å². The summed E-state index contributed by atoms with van der Waals surface area (Å²) < 4.78 is 65.9. The zero-order chi connectivity index (χ0) is 22.6. The van der Waals surface area contributed by atoms with Crippen molar-refractivity contribution in [3.8, 4) is 0 Å². The molecule has 2 aromatic rings. The Bertz CT molecular complexity index is 1070. The van der Waals surface area contributed by atoms with Gasteiger partial charge in [-0.15, -0.1) is 0 Å². The lowest BCUT2D eigenvalue weighted by Crippen LogP contribution is -2.51. The molecule has 0 aromatic heterocycles. The lowest BCUT2D eigenvalue weighted by Gasteiger charge is -2.35. The number of carbonyl (C=O) groups excluding carboxylic acids is 2. The Morgan fingerprint density at radius 3 is 2.10 bits per heavy atom. The Kier molecular flexibility index (Phi) is 6.96. The summed E-state index contributed by atoms with van der Waals surface area (Å²) in [6.07, 6.45) is -0.0858. The lowest BCUT2D eigenvalue weighted by molar-refractivity contribution is -0.132. The summed E-state index contributed by atoms with van der Waals surface area (Å²) in [5.74, 6) is -3.46. The monoisotopic (exact) mass is 455 g/mol. The summed E-state index contributed by atoms with van der Waals surface area (Å²) in [5, 5.41) is 0. The van der Waals surface area contributed by atoms with Crippen molar-refractivity contribution in [3.05, 3.63) is 65.5 Å². The lowest BCUT2D eigenvalue weighted by atomic mass is 10.1. The number of halogens is 3. The van der Waals surface area contributed by atoms with Crippen LogP contribution >= 0.6 is 0 Å². The molecule has 1 aliphatic rings. The molecule has 0 unspecified atom stereocenters. The van der Waals surface area contributed by atoms with E-state index in [1.54, 1.807) is 0 Å². The number of nitrogens with zero attached hydrogens (tertiary/aromatic N) is 2. The summed E-state index contributed by atoms with van der Waals surface area (Å²) in [5.41, 5.74) is 0.0221. The van der Waals surface area contributed by atoms with Gasteiger partial charge in [0.1, 0.15) is 5.82 Å². The Morgan fingerprint density at radius 2 is 1.48 bits per heavy atom. The molecule has 0 saturated carbocycles. The van der Waals surface area contributed by atoms with E-state index in [9.17, 15) is 31.2 Å². The van der Waals surface area contributed by atoms with Crippen molar-refractivity contribution in [3.63, 3.8) is 0 Å². The molecule has 11 heteroatoms. The van der Waals surface area contributed by atoms with Gasteiger partial charge in [-0.1, -0.05) is 0 Å². The molecule has 0 bridgehead atoms. The van der Waals surface area contributed by atoms with Crippen molar-refractivity contribution in [2.75, 3.05) is 32.7 Å². The average Bonchev–Trinajstić information content (AvgIpc) is 2.75. The maximum Gasteiger partial charge on any atom is 0.254 e. The van der Waals surface area contributed by atoms with Crippen molar-refractivity contribution in [1.29, 1.82) is 0 Å². The number of rotatable bonds is 6. The summed E-state index contributed by atoms with van der Waals surface area (Å²) in [4.78, 5) is 27.6. The van der Waals surface area contributed by atoms with Crippen LogP contribution in [0.2, 0.25) is 0 Å². The van der Waals surface area contributed by atoms with E-state index >= 15 is 0 Å². The molecule has 31 heavy (non-hydrogen) atoms. The fourth-order valence-corrected chi connectivity index (χ4v) is 4.15. The third-order valence-electron chi connectivity index (χ3n) is 4.84. The van der Waals surface area contributed by atoms with Gasteiger partial charge in [0, 0.05) is 44.7 Å². The first-order valence-electron chi connectivity index (χ1n) is 9.45. The predicted molar refractivity (Wildman–Crippen MR) is 105 cm³/mol. The van der Waals surface area contributed by atoms with Gasteiger partial charge >= 0.3 is 0 Å². The third kappa shape index (κ3) is 5.61. The molecule has 0 aliphatic carbocycles. The minimum absolute atomic E-state index is 0.0221. The number of hydrogen-bond acceptors (Lipinski definition) is 4. The fraction of sp³-hybridized carbons (Fsp3) is 0.300. The first kappa shape index (κ1) is 22.8. The standard InChI is InChI=1S/C20H20F3N3O4S/c21-15-2-4-16(5-3-15)31(29,30)24-8-7-19(27)25-9-11-26(12-10-25)20(28)14-1-6-17(22)18(23)13-14/h1-6,13,24H,7-12H2. The van der Waals surface area contributed by atoms with Crippen LogP contribution in [0.3, 0.4) is 0 Å². The maximum atomic E-state index is 13.3. The molecule has 1 heterocycles. The molecular weight excluding hydrogens is 435 g/mol. The van der Waals surface area contributed by atoms with Gasteiger partial charge < -0.3 is 9.80 Å². The van der Waals surface area contributed by atoms with Crippen LogP contribution in [0, 0.1) is 17.5 Å². The number of nitrogens with one attached hydrogen (secondary N) is 1. The van der Waals surface area contributed by atoms with Crippen LogP contribution in [-0.4, -0.2) is 62.8 Å². The second-order valence-electron chi connectivity index (χ2n) is 6.90. The van der Waals surface area contributed by atoms with Crippen molar-refractivity contribution in [2.24, 2.45) is 0 Å². The highest BCUT2D eigenvalue weighted by Crippen LogP contribution is 2.14. The average molecular weight is 455 g/mol. The van der Waals surface area contributed by atoms with E-state index in [-0.39, 0.29) is 55.5 Å². The van der Waals surface area contributed by atoms with Crippen LogP contribution in [0.25, 0.3) is 0 Å². The van der Waals surface area contributed by atoms with Gasteiger partial charge in [-0.2, -0.15) is 0 Å². The smallest absolute Gasteiger partial charge is 0.254 e. The molecule has 1 saturated heterocycles. The number of benzene rings is 2. The second-order valence-corrected chi connectivity index (χ2v) is 8.67. The van der Waals surface area contributed by atoms with Gasteiger partial charge in [0.25, 0.3) is 5.91 Å². The van der Waals surface area contributed by atoms with Gasteiger partial charge in [0.2, 0.25) is 15.9 Å². The summed E-state index contributed by atoms with van der Waals surface area (Å²) in [6, 6.07) is 7.23. The molecule has 1 aliphatic heterocycles. The first-order valence-corrected chi connectivity index (χ1v) is 10.9. The van der Waals surface area contributed by atoms with E-state index in [0.29, 0.717) is 0 Å². The Hall–Kier alpha value is -2.92. The van der Waals surface area contributed by atoms with Crippen LogP contribution in [-0.2, 0) is 14.8 Å². The minimum atomic E-state index is -3.86. The van der Waals surface area contributed by atoms with Gasteiger partial charge in [-0.3, -0.25) is 9.59 Å². The fourth-order valence-electron chi connectivity index (χ4n) is 3.12. The largest absolute Gasteiger partial charge is 0.339 e. The number of amides is 2. The van der Waals surface area contributed by atoms with Crippen LogP contribution in [0.1, 0.15) is 16.8 Å². The second kappa shape index (κ2) is 9.48. The Morgan fingerprint density at radius 1 is 0.871 bits per heavy atom. The molecule has 2 amide bonds. The number of carbonyl (C=O) groups is 2. The molecule has 0 spiro atoms. The molecule has 0 atom stereocenters. The van der Waals surface area contributed by atoms with Crippen LogP contribution < -0.4 is 4.72 Å². The Labute approximate surface area is 177 Å². The zero-order valence-electron chi connectivity index (χ0n) is 16.4. The molecule has 0 radical (unpaired) electrons. The summed E-state index contributed by atoms with van der Waals surface area (Å²) >= 11 is 0. The van der Waals surface area contributed by atoms with Crippen molar-refractivity contribution in [1.82, 2.24) is 14.5 Å².